The number of aryl methyl sites for hydroxylation is 1. The summed E-state index contributed by atoms with van der Waals surface area (Å²) in [6.07, 6.45) is 1.03. The topological polar surface area (TPSA) is 34.1 Å². The molecule has 1 aromatic carbocycles. The lowest BCUT2D eigenvalue weighted by molar-refractivity contribution is 0.317. The molecule has 2 aromatic rings. The van der Waals surface area contributed by atoms with E-state index in [1.54, 1.807) is 11.3 Å². The van der Waals surface area contributed by atoms with Crippen LogP contribution in [0.15, 0.2) is 29.6 Å². The van der Waals surface area contributed by atoms with Crippen LogP contribution in [-0.2, 0) is 6.54 Å². The molecule has 1 N–H and O–H groups in total. The molecule has 1 heterocycles. The van der Waals surface area contributed by atoms with Gasteiger partial charge in [0.1, 0.15) is 10.8 Å². The molecule has 0 spiro atoms. The molecule has 0 aliphatic heterocycles. The Balaban J connectivity index is 1.90. The number of aromatic nitrogens is 1. The van der Waals surface area contributed by atoms with Crippen molar-refractivity contribution >= 4 is 11.3 Å². The lowest BCUT2D eigenvalue weighted by Gasteiger charge is -2.12. The first-order chi connectivity index (χ1) is 9.69. The van der Waals surface area contributed by atoms with Crippen LogP contribution in [-0.4, -0.2) is 11.6 Å². The fourth-order valence-corrected chi connectivity index (χ4v) is 2.72. The third-order valence-corrected chi connectivity index (χ3v) is 4.14. The van der Waals surface area contributed by atoms with Crippen LogP contribution in [0, 0.1) is 6.92 Å². The van der Waals surface area contributed by atoms with Gasteiger partial charge in [-0.3, -0.25) is 0 Å². The molecule has 0 radical (unpaired) electrons. The average Bonchev–Trinajstić information content (AvgIpc) is 2.90. The van der Waals surface area contributed by atoms with Crippen molar-refractivity contribution in [3.63, 3.8) is 0 Å². The summed E-state index contributed by atoms with van der Waals surface area (Å²) in [7, 11) is 0. The van der Waals surface area contributed by atoms with Gasteiger partial charge in [-0.2, -0.15) is 0 Å². The van der Waals surface area contributed by atoms with Crippen molar-refractivity contribution in [1.29, 1.82) is 0 Å². The summed E-state index contributed by atoms with van der Waals surface area (Å²) in [5, 5.41) is 6.73. The zero-order valence-electron chi connectivity index (χ0n) is 12.3. The second kappa shape index (κ2) is 7.41. The molecule has 3 nitrogen and oxygen atoms in total. The van der Waals surface area contributed by atoms with Gasteiger partial charge in [0.25, 0.3) is 0 Å². The van der Waals surface area contributed by atoms with Gasteiger partial charge in [0, 0.05) is 17.6 Å². The molecular weight excluding hydrogens is 268 g/mol. The van der Waals surface area contributed by atoms with Crippen LogP contribution in [0.1, 0.15) is 42.6 Å². The minimum Gasteiger partial charge on any atom is -0.494 e. The predicted molar refractivity (Wildman–Crippen MR) is 84.3 cm³/mol. The van der Waals surface area contributed by atoms with Gasteiger partial charge in [0.2, 0.25) is 0 Å². The van der Waals surface area contributed by atoms with Gasteiger partial charge in [-0.1, -0.05) is 19.1 Å². The average molecular weight is 290 g/mol. The van der Waals surface area contributed by atoms with Gasteiger partial charge in [-0.05, 0) is 38.0 Å². The van der Waals surface area contributed by atoms with Gasteiger partial charge in [0.15, 0.2) is 0 Å². The zero-order valence-corrected chi connectivity index (χ0v) is 13.2. The van der Waals surface area contributed by atoms with E-state index in [4.69, 9.17) is 4.74 Å². The molecule has 2 rings (SSSR count). The smallest absolute Gasteiger partial charge is 0.119 e. The maximum absolute atomic E-state index is 5.65. The largest absolute Gasteiger partial charge is 0.494 e. The first-order valence-corrected chi connectivity index (χ1v) is 7.94. The summed E-state index contributed by atoms with van der Waals surface area (Å²) >= 11 is 1.71. The highest BCUT2D eigenvalue weighted by Gasteiger charge is 2.08. The van der Waals surface area contributed by atoms with Gasteiger partial charge in [0.05, 0.1) is 12.6 Å². The Morgan fingerprint density at radius 3 is 2.95 bits per heavy atom. The van der Waals surface area contributed by atoms with Crippen molar-refractivity contribution in [3.8, 4) is 5.75 Å². The molecule has 0 amide bonds. The number of ether oxygens (including phenoxy) is 1. The zero-order chi connectivity index (χ0) is 14.4. The summed E-state index contributed by atoms with van der Waals surface area (Å²) < 4.78 is 5.65. The molecular formula is C16H22N2OS. The Bertz CT molecular complexity index is 539. The van der Waals surface area contributed by atoms with E-state index < -0.39 is 0 Å². The van der Waals surface area contributed by atoms with Gasteiger partial charge in [-0.25, -0.2) is 4.98 Å². The lowest BCUT2D eigenvalue weighted by Crippen LogP contribution is -2.18. The maximum atomic E-state index is 5.65. The van der Waals surface area contributed by atoms with E-state index in [1.165, 1.54) is 5.56 Å². The third kappa shape index (κ3) is 4.32. The van der Waals surface area contributed by atoms with Crippen molar-refractivity contribution in [2.75, 3.05) is 6.61 Å². The number of nitrogens with zero attached hydrogens (tertiary/aromatic N) is 1. The summed E-state index contributed by atoms with van der Waals surface area (Å²) in [5.74, 6) is 0.948. The number of rotatable bonds is 7. The van der Waals surface area contributed by atoms with Crippen LogP contribution >= 0.6 is 11.3 Å². The third-order valence-electron chi connectivity index (χ3n) is 2.99. The highest BCUT2D eigenvalue weighted by molar-refractivity contribution is 7.09. The van der Waals surface area contributed by atoms with Crippen LogP contribution in [0.5, 0.6) is 5.75 Å². The van der Waals surface area contributed by atoms with Crippen molar-refractivity contribution in [2.45, 2.75) is 39.8 Å². The molecule has 0 aliphatic carbocycles. The van der Waals surface area contributed by atoms with Crippen LogP contribution in [0.25, 0.3) is 0 Å². The Kier molecular flexibility index (Phi) is 5.56. The fourth-order valence-electron chi connectivity index (χ4n) is 1.89. The Labute approximate surface area is 125 Å². The van der Waals surface area contributed by atoms with E-state index >= 15 is 0 Å². The van der Waals surface area contributed by atoms with E-state index in [-0.39, 0.29) is 6.04 Å². The van der Waals surface area contributed by atoms with Gasteiger partial charge < -0.3 is 10.1 Å². The van der Waals surface area contributed by atoms with E-state index in [9.17, 15) is 0 Å². The molecule has 0 saturated carbocycles. The molecule has 1 atom stereocenters. The van der Waals surface area contributed by atoms with Crippen LogP contribution < -0.4 is 10.1 Å². The van der Waals surface area contributed by atoms with Crippen molar-refractivity contribution < 1.29 is 4.74 Å². The minimum absolute atomic E-state index is 0.272. The highest BCUT2D eigenvalue weighted by Crippen LogP contribution is 2.19. The summed E-state index contributed by atoms with van der Waals surface area (Å²) in [5.41, 5.74) is 2.33. The number of nitrogens with one attached hydrogen (secondary N) is 1. The number of thiazole rings is 1. The van der Waals surface area contributed by atoms with Crippen molar-refractivity contribution in [1.82, 2.24) is 10.3 Å². The van der Waals surface area contributed by atoms with E-state index in [0.717, 1.165) is 36.0 Å². The molecule has 108 valence electrons. The summed E-state index contributed by atoms with van der Waals surface area (Å²) in [4.78, 5) is 4.51. The maximum Gasteiger partial charge on any atom is 0.119 e. The van der Waals surface area contributed by atoms with Gasteiger partial charge in [-0.15, -0.1) is 11.3 Å². The molecule has 1 unspecified atom stereocenters. The van der Waals surface area contributed by atoms with E-state index in [2.05, 4.69) is 41.7 Å². The van der Waals surface area contributed by atoms with Gasteiger partial charge >= 0.3 is 0 Å². The normalized spacial score (nSPS) is 12.3. The van der Waals surface area contributed by atoms with Crippen molar-refractivity contribution in [3.05, 3.63) is 45.9 Å². The van der Waals surface area contributed by atoms with E-state index in [0.29, 0.717) is 0 Å². The highest BCUT2D eigenvalue weighted by atomic mass is 32.1. The standard InChI is InChI=1S/C16H22N2OS/c1-4-8-19-15-7-5-6-14(9-15)10-17-13(3)16-18-12(2)11-20-16/h5-7,9,11,13,17H,4,8,10H2,1-3H3. The predicted octanol–water partition coefficient (Wildman–Crippen LogP) is 4.09. The molecule has 0 aliphatic rings. The summed E-state index contributed by atoms with van der Waals surface area (Å²) in [6, 6.07) is 8.54. The second-order valence-electron chi connectivity index (χ2n) is 4.93. The first-order valence-electron chi connectivity index (χ1n) is 7.06. The fraction of sp³-hybridized carbons (Fsp3) is 0.438. The number of benzene rings is 1. The Morgan fingerprint density at radius 2 is 2.25 bits per heavy atom. The van der Waals surface area contributed by atoms with Crippen molar-refractivity contribution in [2.24, 2.45) is 0 Å². The van der Waals surface area contributed by atoms with E-state index in [1.807, 2.05) is 19.1 Å². The van der Waals surface area contributed by atoms with Crippen LogP contribution in [0.2, 0.25) is 0 Å². The first kappa shape index (κ1) is 15.0. The quantitative estimate of drug-likeness (QED) is 0.834. The molecule has 0 fully saturated rings. The number of hydrogen-bond acceptors (Lipinski definition) is 4. The molecule has 0 saturated heterocycles. The molecule has 0 bridgehead atoms. The Hall–Kier alpha value is -1.39. The number of hydrogen-bond donors (Lipinski definition) is 1. The lowest BCUT2D eigenvalue weighted by atomic mass is 10.2. The minimum atomic E-state index is 0.272. The summed E-state index contributed by atoms with van der Waals surface area (Å²) in [6.45, 7) is 7.88. The Morgan fingerprint density at radius 1 is 1.40 bits per heavy atom. The second-order valence-corrected chi connectivity index (χ2v) is 5.82. The molecule has 20 heavy (non-hydrogen) atoms. The monoisotopic (exact) mass is 290 g/mol. The molecule has 1 aromatic heterocycles. The van der Waals surface area contributed by atoms with Crippen LogP contribution in [0.3, 0.4) is 0 Å². The SMILES string of the molecule is CCCOc1cccc(CNC(C)c2nc(C)cs2)c1. The van der Waals surface area contributed by atoms with Crippen LogP contribution in [0.4, 0.5) is 0 Å². The molecule has 4 heteroatoms.